The van der Waals surface area contributed by atoms with Crippen LogP contribution in [0.3, 0.4) is 0 Å². The van der Waals surface area contributed by atoms with Gasteiger partial charge in [0.05, 0.1) is 15.7 Å². The highest BCUT2D eigenvalue weighted by Crippen LogP contribution is 2.23. The Morgan fingerprint density at radius 2 is 1.94 bits per heavy atom. The normalized spacial score (nSPS) is 10.5. The zero-order valence-electron chi connectivity index (χ0n) is 9.29. The SMILES string of the molecule is NNc1cc(Nc2ccc3ncsc3c2)ncn1. The van der Waals surface area contributed by atoms with E-state index in [-0.39, 0.29) is 0 Å². The van der Waals surface area contributed by atoms with E-state index in [0.717, 1.165) is 15.9 Å². The zero-order chi connectivity index (χ0) is 12.4. The number of nitrogens with one attached hydrogen (secondary N) is 2. The topological polar surface area (TPSA) is 88.8 Å². The van der Waals surface area contributed by atoms with Gasteiger partial charge in [-0.1, -0.05) is 0 Å². The summed E-state index contributed by atoms with van der Waals surface area (Å²) >= 11 is 1.60. The number of rotatable bonds is 3. The van der Waals surface area contributed by atoms with E-state index in [9.17, 15) is 0 Å². The maximum Gasteiger partial charge on any atom is 0.145 e. The van der Waals surface area contributed by atoms with Crippen LogP contribution in [-0.2, 0) is 0 Å². The van der Waals surface area contributed by atoms with Gasteiger partial charge < -0.3 is 10.7 Å². The lowest BCUT2D eigenvalue weighted by atomic mass is 10.3. The molecule has 0 aliphatic rings. The minimum Gasteiger partial charge on any atom is -0.340 e. The summed E-state index contributed by atoms with van der Waals surface area (Å²) in [7, 11) is 0. The summed E-state index contributed by atoms with van der Waals surface area (Å²) in [6, 6.07) is 7.69. The van der Waals surface area contributed by atoms with Crippen LogP contribution in [0, 0.1) is 0 Å². The van der Waals surface area contributed by atoms with Gasteiger partial charge in [-0.05, 0) is 18.2 Å². The highest BCUT2D eigenvalue weighted by atomic mass is 32.1. The van der Waals surface area contributed by atoms with Crippen molar-refractivity contribution < 1.29 is 0 Å². The maximum atomic E-state index is 5.30. The molecule has 0 spiro atoms. The Morgan fingerprint density at radius 1 is 1.06 bits per heavy atom. The Kier molecular flexibility index (Phi) is 2.75. The molecule has 1 aromatic carbocycles. The van der Waals surface area contributed by atoms with Crippen LogP contribution in [-0.4, -0.2) is 15.0 Å². The number of hydrogen-bond acceptors (Lipinski definition) is 7. The van der Waals surface area contributed by atoms with Gasteiger partial charge in [-0.2, -0.15) is 0 Å². The molecule has 18 heavy (non-hydrogen) atoms. The minimum absolute atomic E-state index is 0.561. The summed E-state index contributed by atoms with van der Waals surface area (Å²) < 4.78 is 1.13. The van der Waals surface area contributed by atoms with Gasteiger partial charge in [0, 0.05) is 11.8 Å². The van der Waals surface area contributed by atoms with E-state index in [0.29, 0.717) is 11.6 Å². The van der Waals surface area contributed by atoms with Gasteiger partial charge in [-0.3, -0.25) is 0 Å². The Hall–Kier alpha value is -2.25. The lowest BCUT2D eigenvalue weighted by Crippen LogP contribution is -2.09. The number of benzene rings is 1. The lowest BCUT2D eigenvalue weighted by Gasteiger charge is -2.06. The molecule has 0 unspecified atom stereocenters. The van der Waals surface area contributed by atoms with Crippen LogP contribution in [0.15, 0.2) is 36.1 Å². The second-order valence-electron chi connectivity index (χ2n) is 3.59. The van der Waals surface area contributed by atoms with E-state index in [1.54, 1.807) is 17.4 Å². The molecule has 0 amide bonds. The van der Waals surface area contributed by atoms with E-state index < -0.39 is 0 Å². The molecule has 0 saturated heterocycles. The molecule has 4 N–H and O–H groups in total. The third kappa shape index (κ3) is 2.08. The molecule has 2 heterocycles. The maximum absolute atomic E-state index is 5.30. The van der Waals surface area contributed by atoms with Crippen LogP contribution in [0.25, 0.3) is 10.2 Å². The number of hydrazine groups is 1. The van der Waals surface area contributed by atoms with E-state index in [4.69, 9.17) is 5.84 Å². The minimum atomic E-state index is 0.561. The molecule has 0 atom stereocenters. The van der Waals surface area contributed by atoms with Gasteiger partial charge in [0.25, 0.3) is 0 Å². The standard InChI is InChI=1S/C11H10N6S/c12-17-11-4-10(13-5-14-11)16-7-1-2-8-9(3-7)18-6-15-8/h1-6H,12H2,(H2,13,14,16,17). The molecule has 0 fully saturated rings. The van der Waals surface area contributed by atoms with Crippen molar-refractivity contribution in [3.63, 3.8) is 0 Å². The summed E-state index contributed by atoms with van der Waals surface area (Å²) in [5, 5.41) is 3.19. The van der Waals surface area contributed by atoms with Crippen molar-refractivity contribution in [2.75, 3.05) is 10.7 Å². The fourth-order valence-electron chi connectivity index (χ4n) is 1.59. The van der Waals surface area contributed by atoms with Crippen LogP contribution in [0.2, 0.25) is 0 Å². The van der Waals surface area contributed by atoms with Gasteiger partial charge in [-0.15, -0.1) is 11.3 Å². The van der Waals surface area contributed by atoms with Crippen LogP contribution in [0.1, 0.15) is 0 Å². The van der Waals surface area contributed by atoms with Crippen molar-refractivity contribution in [1.82, 2.24) is 15.0 Å². The Morgan fingerprint density at radius 3 is 2.83 bits per heavy atom. The van der Waals surface area contributed by atoms with Crippen molar-refractivity contribution in [2.45, 2.75) is 0 Å². The first kappa shape index (κ1) is 10.9. The number of fused-ring (bicyclic) bond motifs is 1. The summed E-state index contributed by atoms with van der Waals surface area (Å²) in [6.45, 7) is 0. The number of nitrogen functional groups attached to an aromatic ring is 1. The number of nitrogens with zero attached hydrogens (tertiary/aromatic N) is 3. The van der Waals surface area contributed by atoms with E-state index in [2.05, 4.69) is 25.7 Å². The molecule has 3 rings (SSSR count). The van der Waals surface area contributed by atoms with Crippen LogP contribution in [0.5, 0.6) is 0 Å². The lowest BCUT2D eigenvalue weighted by molar-refractivity contribution is 1.14. The first-order chi connectivity index (χ1) is 8.85. The third-order valence-electron chi connectivity index (χ3n) is 2.42. The zero-order valence-corrected chi connectivity index (χ0v) is 10.1. The van der Waals surface area contributed by atoms with Crippen molar-refractivity contribution in [1.29, 1.82) is 0 Å². The smallest absolute Gasteiger partial charge is 0.145 e. The fraction of sp³-hybridized carbons (Fsp3) is 0. The molecule has 0 aliphatic carbocycles. The average Bonchev–Trinajstić information content (AvgIpc) is 2.86. The van der Waals surface area contributed by atoms with Gasteiger partial charge in [0.2, 0.25) is 0 Å². The van der Waals surface area contributed by atoms with E-state index >= 15 is 0 Å². The van der Waals surface area contributed by atoms with Gasteiger partial charge in [0.15, 0.2) is 0 Å². The summed E-state index contributed by atoms with van der Waals surface area (Å²) in [4.78, 5) is 12.3. The van der Waals surface area contributed by atoms with Crippen LogP contribution >= 0.6 is 11.3 Å². The largest absolute Gasteiger partial charge is 0.340 e. The number of aromatic nitrogens is 3. The predicted molar refractivity (Wildman–Crippen MR) is 72.7 cm³/mol. The monoisotopic (exact) mass is 258 g/mol. The molecule has 0 radical (unpaired) electrons. The van der Waals surface area contributed by atoms with Crippen molar-refractivity contribution in [3.8, 4) is 0 Å². The Labute approximate surface area is 107 Å². The van der Waals surface area contributed by atoms with Crippen molar-refractivity contribution in [3.05, 3.63) is 36.1 Å². The third-order valence-corrected chi connectivity index (χ3v) is 3.21. The molecular formula is C11H10N6S. The average molecular weight is 258 g/mol. The molecule has 2 aromatic heterocycles. The fourth-order valence-corrected chi connectivity index (χ4v) is 2.30. The van der Waals surface area contributed by atoms with Gasteiger partial charge in [0.1, 0.15) is 18.0 Å². The predicted octanol–water partition coefficient (Wildman–Crippen LogP) is 2.12. The highest BCUT2D eigenvalue weighted by Gasteiger charge is 2.01. The highest BCUT2D eigenvalue weighted by molar-refractivity contribution is 7.16. The van der Waals surface area contributed by atoms with Gasteiger partial charge >= 0.3 is 0 Å². The summed E-state index contributed by atoms with van der Waals surface area (Å²) in [5.41, 5.74) is 6.26. The molecule has 0 saturated carbocycles. The molecule has 0 aliphatic heterocycles. The number of hydrogen-bond donors (Lipinski definition) is 3. The van der Waals surface area contributed by atoms with Gasteiger partial charge in [-0.25, -0.2) is 20.8 Å². The van der Waals surface area contributed by atoms with Crippen LogP contribution < -0.4 is 16.6 Å². The molecule has 7 heteroatoms. The number of thiazole rings is 1. The summed E-state index contributed by atoms with van der Waals surface area (Å²) in [6.07, 6.45) is 1.45. The van der Waals surface area contributed by atoms with E-state index in [1.807, 2.05) is 23.7 Å². The first-order valence-electron chi connectivity index (χ1n) is 5.24. The summed E-state index contributed by atoms with van der Waals surface area (Å²) in [5.74, 6) is 6.54. The van der Waals surface area contributed by atoms with Crippen molar-refractivity contribution >= 4 is 38.9 Å². The molecular weight excluding hydrogens is 248 g/mol. The second-order valence-corrected chi connectivity index (χ2v) is 4.48. The number of anilines is 3. The molecule has 3 aromatic rings. The van der Waals surface area contributed by atoms with E-state index in [1.165, 1.54) is 6.33 Å². The van der Waals surface area contributed by atoms with Crippen LogP contribution in [0.4, 0.5) is 17.3 Å². The Balaban J connectivity index is 1.90. The Bertz CT molecular complexity index is 680. The molecule has 0 bridgehead atoms. The number of nitrogens with two attached hydrogens (primary N) is 1. The molecule has 6 nitrogen and oxygen atoms in total. The second kappa shape index (κ2) is 4.55. The molecule has 90 valence electrons. The quantitative estimate of drug-likeness (QED) is 0.492. The van der Waals surface area contributed by atoms with Crippen molar-refractivity contribution in [2.24, 2.45) is 5.84 Å². The first-order valence-corrected chi connectivity index (χ1v) is 6.12.